The minimum absolute atomic E-state index is 0.0282. The van der Waals surface area contributed by atoms with Crippen molar-refractivity contribution >= 4 is 29.3 Å². The Balaban J connectivity index is 2.74. The van der Waals surface area contributed by atoms with Gasteiger partial charge in [-0.1, -0.05) is 32.4 Å². The lowest BCUT2D eigenvalue weighted by atomic mass is 9.88. The van der Waals surface area contributed by atoms with Crippen molar-refractivity contribution in [1.82, 2.24) is 5.32 Å². The van der Waals surface area contributed by atoms with Crippen LogP contribution in [0, 0.1) is 5.41 Å². The largest absolute Gasteiger partial charge is 0.478 e. The number of rotatable bonds is 3. The van der Waals surface area contributed by atoms with Gasteiger partial charge < -0.3 is 15.7 Å². The van der Waals surface area contributed by atoms with Gasteiger partial charge in [0.05, 0.1) is 16.3 Å². The first-order chi connectivity index (χ1) is 9.11. The van der Waals surface area contributed by atoms with E-state index in [1.165, 1.54) is 18.2 Å². The molecule has 1 rings (SSSR count). The third-order valence-corrected chi connectivity index (χ3v) is 3.42. The van der Waals surface area contributed by atoms with Crippen LogP contribution in [0.1, 0.15) is 38.1 Å². The van der Waals surface area contributed by atoms with Crippen LogP contribution in [0.4, 0.5) is 10.5 Å². The predicted octanol–water partition coefficient (Wildman–Crippen LogP) is 3.59. The highest BCUT2D eigenvalue weighted by molar-refractivity contribution is 6.34. The Hall–Kier alpha value is -1.75. The monoisotopic (exact) mass is 298 g/mol. The highest BCUT2D eigenvalue weighted by Crippen LogP contribution is 2.23. The van der Waals surface area contributed by atoms with Crippen LogP contribution in [0.2, 0.25) is 5.02 Å². The Morgan fingerprint density at radius 1 is 1.30 bits per heavy atom. The van der Waals surface area contributed by atoms with Crippen LogP contribution in [0.15, 0.2) is 18.2 Å². The van der Waals surface area contributed by atoms with E-state index in [0.717, 1.165) is 0 Å². The van der Waals surface area contributed by atoms with E-state index in [0.29, 0.717) is 5.69 Å². The van der Waals surface area contributed by atoms with Gasteiger partial charge in [-0.3, -0.25) is 0 Å². The molecule has 1 atom stereocenters. The Morgan fingerprint density at radius 3 is 2.35 bits per heavy atom. The Kier molecular flexibility index (Phi) is 5.00. The summed E-state index contributed by atoms with van der Waals surface area (Å²) in [4.78, 5) is 22.6. The number of amides is 2. The van der Waals surface area contributed by atoms with Crippen molar-refractivity contribution in [3.05, 3.63) is 28.8 Å². The zero-order chi connectivity index (χ0) is 15.5. The van der Waals surface area contributed by atoms with E-state index in [4.69, 9.17) is 16.7 Å². The molecule has 6 heteroatoms. The van der Waals surface area contributed by atoms with Gasteiger partial charge >= 0.3 is 12.0 Å². The summed E-state index contributed by atoms with van der Waals surface area (Å²) < 4.78 is 0. The molecule has 0 bridgehead atoms. The Morgan fingerprint density at radius 2 is 1.90 bits per heavy atom. The number of carbonyl (C=O) groups is 2. The number of benzene rings is 1. The number of aromatic carboxylic acids is 1. The summed E-state index contributed by atoms with van der Waals surface area (Å²) in [7, 11) is 0. The first-order valence-corrected chi connectivity index (χ1v) is 6.59. The molecule has 1 aromatic rings. The average molecular weight is 299 g/mol. The molecule has 110 valence electrons. The minimum atomic E-state index is -1.07. The fraction of sp³-hybridized carbons (Fsp3) is 0.429. The minimum Gasteiger partial charge on any atom is -0.478 e. The number of carboxylic acids is 1. The van der Waals surface area contributed by atoms with Crippen molar-refractivity contribution in [2.75, 3.05) is 5.32 Å². The van der Waals surface area contributed by atoms with Crippen LogP contribution in [0.25, 0.3) is 0 Å². The number of carboxylic acid groups (broad SMARTS) is 1. The molecule has 0 aliphatic heterocycles. The number of hydrogen-bond acceptors (Lipinski definition) is 2. The van der Waals surface area contributed by atoms with Crippen molar-refractivity contribution < 1.29 is 14.7 Å². The molecule has 5 nitrogen and oxygen atoms in total. The SMILES string of the molecule is CC(NC(=O)Nc1ccc(C(=O)O)cc1Cl)C(C)(C)C. The molecule has 1 aromatic carbocycles. The molecule has 0 spiro atoms. The second-order valence-electron chi connectivity index (χ2n) is 5.69. The summed E-state index contributed by atoms with van der Waals surface area (Å²) in [6.07, 6.45) is 0. The molecule has 0 aliphatic rings. The topological polar surface area (TPSA) is 78.4 Å². The molecule has 0 fully saturated rings. The molecule has 0 saturated carbocycles. The zero-order valence-corrected chi connectivity index (χ0v) is 12.7. The van der Waals surface area contributed by atoms with E-state index in [1.807, 2.05) is 27.7 Å². The third-order valence-electron chi connectivity index (χ3n) is 3.11. The van der Waals surface area contributed by atoms with Crippen LogP contribution in [0.5, 0.6) is 0 Å². The molecule has 0 aliphatic carbocycles. The van der Waals surface area contributed by atoms with Crippen molar-refractivity contribution in [3.8, 4) is 0 Å². The van der Waals surface area contributed by atoms with E-state index in [9.17, 15) is 9.59 Å². The maximum absolute atomic E-state index is 11.8. The van der Waals surface area contributed by atoms with Gasteiger partial charge in [-0.2, -0.15) is 0 Å². The Bertz CT molecular complexity index is 524. The number of nitrogens with one attached hydrogen (secondary N) is 2. The van der Waals surface area contributed by atoms with E-state index < -0.39 is 5.97 Å². The lowest BCUT2D eigenvalue weighted by Gasteiger charge is -2.28. The number of halogens is 1. The quantitative estimate of drug-likeness (QED) is 0.798. The summed E-state index contributed by atoms with van der Waals surface area (Å²) in [5.74, 6) is -1.07. The number of carbonyl (C=O) groups excluding carboxylic acids is 1. The smallest absolute Gasteiger partial charge is 0.335 e. The van der Waals surface area contributed by atoms with E-state index >= 15 is 0 Å². The fourth-order valence-corrected chi connectivity index (χ4v) is 1.55. The summed E-state index contributed by atoms with van der Waals surface area (Å²) in [6.45, 7) is 7.97. The van der Waals surface area contributed by atoms with E-state index in [2.05, 4.69) is 10.6 Å². The van der Waals surface area contributed by atoms with Gasteiger partial charge in [0.1, 0.15) is 0 Å². The molecule has 0 aromatic heterocycles. The number of anilines is 1. The van der Waals surface area contributed by atoms with Crippen LogP contribution in [-0.4, -0.2) is 23.1 Å². The maximum atomic E-state index is 11.8. The highest BCUT2D eigenvalue weighted by Gasteiger charge is 2.21. The van der Waals surface area contributed by atoms with Gasteiger partial charge in [0, 0.05) is 6.04 Å². The van der Waals surface area contributed by atoms with Crippen molar-refractivity contribution in [2.24, 2.45) is 5.41 Å². The molecule has 0 saturated heterocycles. The second-order valence-corrected chi connectivity index (χ2v) is 6.09. The average Bonchev–Trinajstić information content (AvgIpc) is 2.30. The first-order valence-electron chi connectivity index (χ1n) is 6.21. The number of urea groups is 1. The molecule has 20 heavy (non-hydrogen) atoms. The molecular formula is C14H19ClN2O3. The summed E-state index contributed by atoms with van der Waals surface area (Å²) in [5.41, 5.74) is 0.383. The van der Waals surface area contributed by atoms with Gasteiger partial charge in [-0.15, -0.1) is 0 Å². The molecule has 0 heterocycles. The summed E-state index contributed by atoms with van der Waals surface area (Å²) in [6, 6.07) is 3.74. The maximum Gasteiger partial charge on any atom is 0.335 e. The second kappa shape index (κ2) is 6.13. The van der Waals surface area contributed by atoms with E-state index in [-0.39, 0.29) is 28.1 Å². The molecule has 1 unspecified atom stereocenters. The van der Waals surface area contributed by atoms with Gasteiger partial charge in [0.25, 0.3) is 0 Å². The molecular weight excluding hydrogens is 280 g/mol. The predicted molar refractivity (Wildman–Crippen MR) is 79.5 cm³/mol. The molecule has 2 amide bonds. The zero-order valence-electron chi connectivity index (χ0n) is 12.0. The lowest BCUT2D eigenvalue weighted by molar-refractivity contribution is 0.0697. The van der Waals surface area contributed by atoms with Crippen molar-refractivity contribution in [1.29, 1.82) is 0 Å². The summed E-state index contributed by atoms with van der Waals surface area (Å²) >= 11 is 5.94. The van der Waals surface area contributed by atoms with Crippen LogP contribution < -0.4 is 10.6 Å². The van der Waals surface area contributed by atoms with Crippen LogP contribution >= 0.6 is 11.6 Å². The molecule has 0 radical (unpaired) electrons. The van der Waals surface area contributed by atoms with Gasteiger partial charge in [-0.25, -0.2) is 9.59 Å². The van der Waals surface area contributed by atoms with Gasteiger partial charge in [0.2, 0.25) is 0 Å². The Labute approximate surface area is 123 Å². The van der Waals surface area contributed by atoms with Crippen LogP contribution in [0.3, 0.4) is 0 Å². The van der Waals surface area contributed by atoms with Crippen LogP contribution in [-0.2, 0) is 0 Å². The standard InChI is InChI=1S/C14H19ClN2O3/c1-8(14(2,3)4)16-13(20)17-11-6-5-9(12(18)19)7-10(11)15/h5-8H,1-4H3,(H,18,19)(H2,16,17,20). The fourth-order valence-electron chi connectivity index (χ4n) is 1.32. The van der Waals surface area contributed by atoms with Crippen molar-refractivity contribution in [3.63, 3.8) is 0 Å². The first kappa shape index (κ1) is 16.3. The normalized spacial score (nSPS) is 12.7. The van der Waals surface area contributed by atoms with Gasteiger partial charge in [-0.05, 0) is 30.5 Å². The van der Waals surface area contributed by atoms with Crippen molar-refractivity contribution in [2.45, 2.75) is 33.7 Å². The highest BCUT2D eigenvalue weighted by atomic mass is 35.5. The summed E-state index contributed by atoms with van der Waals surface area (Å²) in [5, 5.41) is 14.4. The van der Waals surface area contributed by atoms with E-state index in [1.54, 1.807) is 0 Å². The lowest BCUT2D eigenvalue weighted by Crippen LogP contribution is -2.43. The third kappa shape index (κ3) is 4.42. The van der Waals surface area contributed by atoms with Gasteiger partial charge in [0.15, 0.2) is 0 Å². The number of hydrogen-bond donors (Lipinski definition) is 3. The molecule has 3 N–H and O–H groups in total.